The number of thiazole rings is 1. The zero-order valence-electron chi connectivity index (χ0n) is 12.4. The van der Waals surface area contributed by atoms with E-state index in [1.54, 1.807) is 12.5 Å². The number of carbonyl (C=O) groups excluding carboxylic acids is 1. The lowest BCUT2D eigenvalue weighted by molar-refractivity contribution is 0.0603. The summed E-state index contributed by atoms with van der Waals surface area (Å²) in [5.41, 5.74) is 1.92. The number of likely N-dealkylation sites (tertiary alicyclic amines) is 1. The fraction of sp³-hybridized carbons (Fsp3) is 0.500. The molecule has 2 aromatic heterocycles. The summed E-state index contributed by atoms with van der Waals surface area (Å²) in [6, 6.07) is 1.87. The molecule has 0 atom stereocenters. The predicted octanol–water partition coefficient (Wildman–Crippen LogP) is 2.62. The Kier molecular flexibility index (Phi) is 3.50. The van der Waals surface area contributed by atoms with Gasteiger partial charge in [0.05, 0.1) is 6.26 Å². The van der Waals surface area contributed by atoms with Gasteiger partial charge in [-0.2, -0.15) is 0 Å². The van der Waals surface area contributed by atoms with Crippen molar-refractivity contribution in [3.63, 3.8) is 0 Å². The number of rotatable bonds is 2. The minimum Gasteiger partial charge on any atom is -0.472 e. The number of nitrogens with zero attached hydrogens (tertiary/aromatic N) is 2. The van der Waals surface area contributed by atoms with Crippen molar-refractivity contribution in [2.45, 2.75) is 19.3 Å². The molecule has 1 amide bonds. The smallest absolute Gasteiger partial charge is 0.273 e. The number of amides is 1. The highest BCUT2D eigenvalue weighted by atomic mass is 32.1. The molecule has 0 unspecified atom stereocenters. The van der Waals surface area contributed by atoms with Crippen LogP contribution in [0.5, 0.6) is 0 Å². The summed E-state index contributed by atoms with van der Waals surface area (Å²) in [6.45, 7) is 3.92. The fourth-order valence-electron chi connectivity index (χ4n) is 3.46. The second-order valence-corrected chi connectivity index (χ2v) is 7.13. The van der Waals surface area contributed by atoms with Crippen LogP contribution in [-0.2, 0) is 0 Å². The first-order chi connectivity index (χ1) is 10.8. The van der Waals surface area contributed by atoms with Crippen LogP contribution in [0.4, 0.5) is 0 Å². The van der Waals surface area contributed by atoms with Gasteiger partial charge in [0.1, 0.15) is 17.0 Å². The van der Waals surface area contributed by atoms with Gasteiger partial charge in [0, 0.05) is 30.6 Å². The van der Waals surface area contributed by atoms with Crippen LogP contribution < -0.4 is 5.32 Å². The van der Waals surface area contributed by atoms with E-state index in [1.807, 2.05) is 16.3 Å². The van der Waals surface area contributed by atoms with Gasteiger partial charge in [-0.3, -0.25) is 4.79 Å². The maximum Gasteiger partial charge on any atom is 0.273 e. The van der Waals surface area contributed by atoms with Gasteiger partial charge in [0.15, 0.2) is 0 Å². The van der Waals surface area contributed by atoms with Crippen LogP contribution in [0.25, 0.3) is 10.6 Å². The number of furan rings is 1. The topological polar surface area (TPSA) is 58.4 Å². The first-order valence-electron chi connectivity index (χ1n) is 7.74. The Hall–Kier alpha value is -1.66. The van der Waals surface area contributed by atoms with Gasteiger partial charge in [0.2, 0.25) is 0 Å². The third-order valence-corrected chi connectivity index (χ3v) is 5.83. The Balaban J connectivity index is 1.44. The Labute approximate surface area is 133 Å². The molecule has 116 valence electrons. The highest BCUT2D eigenvalue weighted by Gasteiger charge is 2.38. The quantitative estimate of drug-likeness (QED) is 0.925. The molecule has 2 fully saturated rings. The molecular weight excluding hydrogens is 298 g/mol. The summed E-state index contributed by atoms with van der Waals surface area (Å²) in [5.74, 6) is 0.0619. The molecule has 5 nitrogen and oxygen atoms in total. The van der Waals surface area contributed by atoms with E-state index < -0.39 is 0 Å². The van der Waals surface area contributed by atoms with E-state index in [2.05, 4.69) is 10.3 Å². The van der Waals surface area contributed by atoms with Crippen LogP contribution in [-0.4, -0.2) is 42.0 Å². The minimum atomic E-state index is 0.0619. The molecule has 0 aromatic carbocycles. The molecule has 0 aliphatic carbocycles. The van der Waals surface area contributed by atoms with Crippen molar-refractivity contribution in [2.75, 3.05) is 26.2 Å². The van der Waals surface area contributed by atoms with Crippen molar-refractivity contribution >= 4 is 17.2 Å². The molecule has 2 saturated heterocycles. The first kappa shape index (κ1) is 14.0. The summed E-state index contributed by atoms with van der Waals surface area (Å²) >= 11 is 1.49. The van der Waals surface area contributed by atoms with E-state index in [4.69, 9.17) is 4.42 Å². The number of nitrogens with one attached hydrogen (secondary N) is 1. The molecule has 4 rings (SSSR count). The second-order valence-electron chi connectivity index (χ2n) is 6.27. The maximum atomic E-state index is 12.6. The van der Waals surface area contributed by atoms with Crippen molar-refractivity contribution in [3.8, 4) is 10.6 Å². The van der Waals surface area contributed by atoms with Gasteiger partial charge < -0.3 is 14.6 Å². The molecule has 0 radical (unpaired) electrons. The van der Waals surface area contributed by atoms with Gasteiger partial charge in [-0.15, -0.1) is 11.3 Å². The van der Waals surface area contributed by atoms with Crippen molar-refractivity contribution in [2.24, 2.45) is 5.41 Å². The van der Waals surface area contributed by atoms with E-state index in [0.29, 0.717) is 11.1 Å². The zero-order valence-corrected chi connectivity index (χ0v) is 13.2. The average Bonchev–Trinajstić information content (AvgIpc) is 3.29. The Bertz CT molecular complexity index is 649. The lowest BCUT2D eigenvalue weighted by atomic mass is 9.78. The molecule has 1 N–H and O–H groups in total. The lowest BCUT2D eigenvalue weighted by Gasteiger charge is -2.38. The molecule has 6 heteroatoms. The number of aromatic nitrogens is 1. The molecule has 1 spiro atoms. The summed E-state index contributed by atoms with van der Waals surface area (Å²) in [4.78, 5) is 19.0. The van der Waals surface area contributed by atoms with Gasteiger partial charge in [-0.05, 0) is 37.3 Å². The van der Waals surface area contributed by atoms with Crippen LogP contribution in [0, 0.1) is 5.41 Å². The van der Waals surface area contributed by atoms with E-state index in [-0.39, 0.29) is 5.91 Å². The normalized spacial score (nSPS) is 20.6. The zero-order chi connectivity index (χ0) is 15.0. The highest BCUT2D eigenvalue weighted by Crippen LogP contribution is 2.37. The van der Waals surface area contributed by atoms with E-state index >= 15 is 0 Å². The van der Waals surface area contributed by atoms with E-state index in [1.165, 1.54) is 17.8 Å². The monoisotopic (exact) mass is 317 g/mol. The predicted molar refractivity (Wildman–Crippen MR) is 84.9 cm³/mol. The van der Waals surface area contributed by atoms with Gasteiger partial charge in [-0.1, -0.05) is 0 Å². The third-order valence-electron chi connectivity index (χ3n) is 4.93. The van der Waals surface area contributed by atoms with Crippen LogP contribution in [0.2, 0.25) is 0 Å². The van der Waals surface area contributed by atoms with Crippen molar-refractivity contribution in [3.05, 3.63) is 29.7 Å². The SMILES string of the molecule is O=C(c1csc(-c2ccoc2)n1)N1CCC2(CCNC2)CC1. The number of carbonyl (C=O) groups is 1. The minimum absolute atomic E-state index is 0.0619. The Morgan fingerprint density at radius 1 is 1.36 bits per heavy atom. The van der Waals surface area contributed by atoms with Crippen LogP contribution in [0.3, 0.4) is 0 Å². The first-order valence-corrected chi connectivity index (χ1v) is 8.62. The molecule has 22 heavy (non-hydrogen) atoms. The van der Waals surface area contributed by atoms with Gasteiger partial charge in [-0.25, -0.2) is 4.98 Å². The molecule has 2 aliphatic rings. The number of hydrogen-bond acceptors (Lipinski definition) is 5. The molecule has 0 saturated carbocycles. The summed E-state index contributed by atoms with van der Waals surface area (Å²) in [5, 5.41) is 6.15. The van der Waals surface area contributed by atoms with Crippen molar-refractivity contribution in [1.82, 2.24) is 15.2 Å². The summed E-state index contributed by atoms with van der Waals surface area (Å²) in [7, 11) is 0. The van der Waals surface area contributed by atoms with Crippen LogP contribution >= 0.6 is 11.3 Å². The average molecular weight is 317 g/mol. The highest BCUT2D eigenvalue weighted by molar-refractivity contribution is 7.13. The summed E-state index contributed by atoms with van der Waals surface area (Å²) in [6.07, 6.45) is 6.73. The van der Waals surface area contributed by atoms with E-state index in [0.717, 1.165) is 49.6 Å². The standard InChI is InChI=1S/C16H19N3O2S/c20-15(13-10-22-14(18-13)12-1-8-21-9-12)19-6-3-16(4-7-19)2-5-17-11-16/h1,8-10,17H,2-7,11H2. The maximum absolute atomic E-state index is 12.6. The Morgan fingerprint density at radius 2 is 2.23 bits per heavy atom. The van der Waals surface area contributed by atoms with Crippen LogP contribution in [0.1, 0.15) is 29.8 Å². The summed E-state index contributed by atoms with van der Waals surface area (Å²) < 4.78 is 5.07. The molecule has 0 bridgehead atoms. The van der Waals surface area contributed by atoms with Crippen LogP contribution in [0.15, 0.2) is 28.4 Å². The molecule has 2 aromatic rings. The third kappa shape index (κ3) is 2.46. The molecule has 2 aliphatic heterocycles. The van der Waals surface area contributed by atoms with Gasteiger partial charge >= 0.3 is 0 Å². The van der Waals surface area contributed by atoms with E-state index in [9.17, 15) is 4.79 Å². The number of piperidine rings is 1. The van der Waals surface area contributed by atoms with Crippen molar-refractivity contribution < 1.29 is 9.21 Å². The number of hydrogen-bond donors (Lipinski definition) is 1. The molecular formula is C16H19N3O2S. The Morgan fingerprint density at radius 3 is 2.91 bits per heavy atom. The second kappa shape index (κ2) is 5.52. The largest absolute Gasteiger partial charge is 0.472 e. The lowest BCUT2D eigenvalue weighted by Crippen LogP contribution is -2.44. The molecule has 4 heterocycles. The fourth-order valence-corrected chi connectivity index (χ4v) is 4.24. The van der Waals surface area contributed by atoms with Gasteiger partial charge in [0.25, 0.3) is 5.91 Å². The van der Waals surface area contributed by atoms with Crippen molar-refractivity contribution in [1.29, 1.82) is 0 Å².